The molecule has 1 spiro atoms. The minimum absolute atomic E-state index is 0.156. The second kappa shape index (κ2) is 4.13. The summed E-state index contributed by atoms with van der Waals surface area (Å²) in [6.45, 7) is 0. The highest BCUT2D eigenvalue weighted by atomic mass is 35.5. The van der Waals surface area contributed by atoms with Crippen LogP contribution in [0.1, 0.15) is 49.7 Å². The molecule has 0 atom stereocenters. The van der Waals surface area contributed by atoms with Gasteiger partial charge in [-0.25, -0.2) is 0 Å². The van der Waals surface area contributed by atoms with E-state index in [1.807, 2.05) is 6.07 Å². The van der Waals surface area contributed by atoms with Crippen LogP contribution in [0.2, 0.25) is 5.02 Å². The quantitative estimate of drug-likeness (QED) is 0.677. The molecule has 1 aromatic carbocycles. The highest BCUT2D eigenvalue weighted by Gasteiger charge is 2.43. The van der Waals surface area contributed by atoms with E-state index in [1.165, 1.54) is 30.4 Å². The van der Waals surface area contributed by atoms with Gasteiger partial charge in [-0.2, -0.15) is 0 Å². The average Bonchev–Trinajstić information content (AvgIpc) is 2.35. The molecule has 0 aliphatic heterocycles. The summed E-state index contributed by atoms with van der Waals surface area (Å²) in [5.74, 6) is 0.465. The minimum atomic E-state index is -0.156. The molecule has 17 heavy (non-hydrogen) atoms. The molecule has 1 nitrogen and oxygen atoms in total. The Hall–Kier alpha value is -0.820. The van der Waals surface area contributed by atoms with Gasteiger partial charge in [0.15, 0.2) is 0 Å². The van der Waals surface area contributed by atoms with Gasteiger partial charge in [-0.1, -0.05) is 36.9 Å². The number of carbonyl (C=O) groups is 1. The van der Waals surface area contributed by atoms with E-state index in [4.69, 9.17) is 11.6 Å². The molecule has 90 valence electrons. The van der Waals surface area contributed by atoms with Gasteiger partial charge in [0.2, 0.25) is 0 Å². The van der Waals surface area contributed by atoms with Crippen molar-refractivity contribution in [1.29, 1.82) is 0 Å². The van der Waals surface area contributed by atoms with Crippen molar-refractivity contribution in [2.45, 2.75) is 50.4 Å². The zero-order valence-electron chi connectivity index (χ0n) is 9.97. The summed E-state index contributed by atoms with van der Waals surface area (Å²) < 4.78 is 0. The van der Waals surface area contributed by atoms with E-state index >= 15 is 0 Å². The van der Waals surface area contributed by atoms with Gasteiger partial charge in [-0.3, -0.25) is 4.79 Å². The van der Waals surface area contributed by atoms with Crippen molar-refractivity contribution in [2.24, 2.45) is 0 Å². The first-order valence-corrected chi connectivity index (χ1v) is 6.92. The molecule has 1 aromatic rings. The van der Waals surface area contributed by atoms with Gasteiger partial charge in [0.25, 0.3) is 0 Å². The lowest BCUT2D eigenvalue weighted by atomic mass is 9.62. The van der Waals surface area contributed by atoms with Crippen molar-refractivity contribution in [2.75, 3.05) is 0 Å². The molecular weight excluding hydrogens is 232 g/mol. The Bertz CT molecular complexity index is 458. The van der Waals surface area contributed by atoms with Gasteiger partial charge in [-0.05, 0) is 42.5 Å². The number of carbonyl (C=O) groups excluding carboxylic acids is 1. The second-order valence-corrected chi connectivity index (χ2v) is 5.80. The summed E-state index contributed by atoms with van der Waals surface area (Å²) in [4.78, 5) is 12.4. The lowest BCUT2D eigenvalue weighted by Crippen LogP contribution is -2.41. The van der Waals surface area contributed by atoms with Gasteiger partial charge < -0.3 is 0 Å². The molecule has 0 radical (unpaired) electrons. The third-order valence-electron chi connectivity index (χ3n) is 4.45. The van der Waals surface area contributed by atoms with Gasteiger partial charge in [-0.15, -0.1) is 0 Å². The van der Waals surface area contributed by atoms with Crippen LogP contribution in [-0.2, 0) is 16.6 Å². The predicted octanol–water partition coefficient (Wildman–Crippen LogP) is 4.06. The standard InChI is InChI=1S/C15H17ClO/c16-12-5-6-13-11(10-12)4-7-14(17)15(13)8-2-1-3-9-15/h5-6,10H,1-4,7-9H2. The maximum absolute atomic E-state index is 12.4. The number of fused-ring (bicyclic) bond motifs is 2. The number of hydrogen-bond donors (Lipinski definition) is 0. The summed E-state index contributed by atoms with van der Waals surface area (Å²) in [5.41, 5.74) is 2.42. The fraction of sp³-hybridized carbons (Fsp3) is 0.533. The summed E-state index contributed by atoms with van der Waals surface area (Å²) in [5, 5.41) is 0.795. The van der Waals surface area contributed by atoms with Crippen molar-refractivity contribution >= 4 is 17.4 Å². The fourth-order valence-electron chi connectivity index (χ4n) is 3.58. The smallest absolute Gasteiger partial charge is 0.143 e. The SMILES string of the molecule is O=C1CCc2cc(Cl)ccc2C12CCCCC2. The first-order chi connectivity index (χ1) is 8.22. The summed E-state index contributed by atoms with van der Waals surface area (Å²) in [7, 11) is 0. The van der Waals surface area contributed by atoms with Crippen molar-refractivity contribution in [3.8, 4) is 0 Å². The number of ketones is 1. The maximum Gasteiger partial charge on any atom is 0.143 e. The molecule has 1 saturated carbocycles. The molecule has 1 fully saturated rings. The molecule has 0 heterocycles. The molecule has 0 aromatic heterocycles. The minimum Gasteiger partial charge on any atom is -0.299 e. The molecule has 0 unspecified atom stereocenters. The van der Waals surface area contributed by atoms with E-state index in [0.717, 1.165) is 24.3 Å². The van der Waals surface area contributed by atoms with Crippen LogP contribution in [0.4, 0.5) is 0 Å². The molecule has 2 aliphatic carbocycles. The zero-order valence-corrected chi connectivity index (χ0v) is 10.7. The number of rotatable bonds is 0. The van der Waals surface area contributed by atoms with E-state index in [-0.39, 0.29) is 5.41 Å². The van der Waals surface area contributed by atoms with Crippen LogP contribution in [-0.4, -0.2) is 5.78 Å². The van der Waals surface area contributed by atoms with E-state index in [2.05, 4.69) is 12.1 Å². The topological polar surface area (TPSA) is 17.1 Å². The Morgan fingerprint density at radius 1 is 1.06 bits per heavy atom. The molecule has 0 amide bonds. The Labute approximate surface area is 107 Å². The lowest BCUT2D eigenvalue weighted by molar-refractivity contribution is -0.126. The van der Waals surface area contributed by atoms with Crippen LogP contribution in [0.3, 0.4) is 0 Å². The molecule has 0 bridgehead atoms. The van der Waals surface area contributed by atoms with Gasteiger partial charge in [0.05, 0.1) is 5.41 Å². The Kier molecular flexibility index (Phi) is 2.74. The molecule has 2 aliphatic rings. The molecule has 0 N–H and O–H groups in total. The van der Waals surface area contributed by atoms with Crippen molar-refractivity contribution in [1.82, 2.24) is 0 Å². The van der Waals surface area contributed by atoms with Crippen LogP contribution in [0.25, 0.3) is 0 Å². The van der Waals surface area contributed by atoms with Crippen LogP contribution >= 0.6 is 11.6 Å². The summed E-state index contributed by atoms with van der Waals surface area (Å²) >= 11 is 6.06. The summed E-state index contributed by atoms with van der Waals surface area (Å²) in [6.07, 6.45) is 7.31. The van der Waals surface area contributed by atoms with Gasteiger partial charge >= 0.3 is 0 Å². The third-order valence-corrected chi connectivity index (χ3v) is 4.68. The number of halogens is 1. The molecule has 0 saturated heterocycles. The predicted molar refractivity (Wildman–Crippen MR) is 69.5 cm³/mol. The average molecular weight is 249 g/mol. The Morgan fingerprint density at radius 2 is 1.82 bits per heavy atom. The van der Waals surface area contributed by atoms with E-state index in [1.54, 1.807) is 0 Å². The number of Topliss-reactive ketones (excluding diaryl/α,β-unsaturated/α-hetero) is 1. The third kappa shape index (κ3) is 1.72. The normalized spacial score (nSPS) is 22.5. The van der Waals surface area contributed by atoms with Crippen molar-refractivity contribution in [3.05, 3.63) is 34.3 Å². The summed E-state index contributed by atoms with van der Waals surface area (Å²) in [6, 6.07) is 6.09. The lowest BCUT2D eigenvalue weighted by Gasteiger charge is -2.40. The first kappa shape index (κ1) is 11.3. The monoisotopic (exact) mass is 248 g/mol. The highest BCUT2D eigenvalue weighted by Crippen LogP contribution is 2.45. The van der Waals surface area contributed by atoms with Crippen molar-refractivity contribution < 1.29 is 4.79 Å². The maximum atomic E-state index is 12.4. The van der Waals surface area contributed by atoms with E-state index in [9.17, 15) is 4.79 Å². The van der Waals surface area contributed by atoms with Crippen LogP contribution in [0, 0.1) is 0 Å². The number of hydrogen-bond acceptors (Lipinski definition) is 1. The largest absolute Gasteiger partial charge is 0.299 e. The van der Waals surface area contributed by atoms with Crippen molar-refractivity contribution in [3.63, 3.8) is 0 Å². The molecule has 2 heteroatoms. The number of benzene rings is 1. The Balaban J connectivity index is 2.12. The van der Waals surface area contributed by atoms with Crippen LogP contribution < -0.4 is 0 Å². The molecule has 3 rings (SSSR count). The fourth-order valence-corrected chi connectivity index (χ4v) is 3.77. The Morgan fingerprint density at radius 3 is 2.59 bits per heavy atom. The number of aryl methyl sites for hydroxylation is 1. The van der Waals surface area contributed by atoms with Crippen LogP contribution in [0.5, 0.6) is 0 Å². The first-order valence-electron chi connectivity index (χ1n) is 6.55. The van der Waals surface area contributed by atoms with Crippen LogP contribution in [0.15, 0.2) is 18.2 Å². The van der Waals surface area contributed by atoms with E-state index in [0.29, 0.717) is 12.2 Å². The van der Waals surface area contributed by atoms with E-state index < -0.39 is 0 Å². The highest BCUT2D eigenvalue weighted by molar-refractivity contribution is 6.30. The van der Waals surface area contributed by atoms with Gasteiger partial charge in [0, 0.05) is 11.4 Å². The van der Waals surface area contributed by atoms with Gasteiger partial charge in [0.1, 0.15) is 5.78 Å². The molecular formula is C15H17ClO. The second-order valence-electron chi connectivity index (χ2n) is 5.37. The zero-order chi connectivity index (χ0) is 11.9.